The average molecular weight is 468 g/mol. The lowest BCUT2D eigenvalue weighted by Crippen LogP contribution is -2.33. The number of unbranched alkanes of at least 4 members (excludes halogenated alkanes) is 13. The molecule has 0 heterocycles. The molecule has 8 heteroatoms. The first kappa shape index (κ1) is 31.0. The zero-order valence-corrected chi connectivity index (χ0v) is 21.4. The molecular formula is C25H53N7O. The molecule has 0 saturated heterocycles. The first-order valence-electron chi connectivity index (χ1n) is 13.4. The van der Waals surface area contributed by atoms with Crippen LogP contribution in [0.2, 0.25) is 0 Å². The first-order valence-corrected chi connectivity index (χ1v) is 13.4. The Bertz CT molecular complexity index is 515. The molecule has 0 atom stereocenters. The van der Waals surface area contributed by atoms with E-state index < -0.39 is 0 Å². The molecule has 0 aliphatic rings. The molecule has 0 aliphatic heterocycles. The zero-order valence-electron chi connectivity index (χ0n) is 21.4. The maximum absolute atomic E-state index is 12.7. The Hall–Kier alpha value is -1.99. The van der Waals surface area contributed by atoms with E-state index in [0.717, 1.165) is 38.6 Å². The van der Waals surface area contributed by atoms with E-state index in [1.807, 2.05) is 4.90 Å². The molecule has 33 heavy (non-hydrogen) atoms. The third kappa shape index (κ3) is 23.0. The summed E-state index contributed by atoms with van der Waals surface area (Å²) in [4.78, 5) is 22.7. The normalized spacial score (nSPS) is 10.7. The number of nitrogens with zero attached hydrogens (tertiary/aromatic N) is 3. The van der Waals surface area contributed by atoms with Gasteiger partial charge in [0.25, 0.3) is 0 Å². The molecule has 0 unspecified atom stereocenters. The second-order valence-electron chi connectivity index (χ2n) is 9.05. The quantitative estimate of drug-likeness (QED) is 0.102. The number of rotatable bonds is 23. The van der Waals surface area contributed by atoms with Gasteiger partial charge in [0.15, 0.2) is 11.9 Å². The van der Waals surface area contributed by atoms with Crippen LogP contribution in [-0.2, 0) is 4.79 Å². The Morgan fingerprint density at radius 1 is 0.576 bits per heavy atom. The van der Waals surface area contributed by atoms with Crippen LogP contribution in [0.4, 0.5) is 0 Å². The van der Waals surface area contributed by atoms with Gasteiger partial charge >= 0.3 is 0 Å². The molecule has 1 amide bonds. The van der Waals surface area contributed by atoms with Gasteiger partial charge in [-0.15, -0.1) is 0 Å². The fourth-order valence-corrected chi connectivity index (χ4v) is 3.91. The largest absolute Gasteiger partial charge is 0.370 e. The van der Waals surface area contributed by atoms with Crippen molar-refractivity contribution in [3.8, 4) is 0 Å². The number of carbonyl (C=O) groups is 1. The van der Waals surface area contributed by atoms with Crippen molar-refractivity contribution < 1.29 is 4.79 Å². The number of amides is 1. The number of hydrogen-bond donors (Lipinski definition) is 4. The van der Waals surface area contributed by atoms with Crippen LogP contribution in [0.25, 0.3) is 0 Å². The highest BCUT2D eigenvalue weighted by molar-refractivity contribution is 5.76. The van der Waals surface area contributed by atoms with E-state index in [4.69, 9.17) is 22.9 Å². The molecule has 0 saturated carbocycles. The lowest BCUT2D eigenvalue weighted by Gasteiger charge is -2.22. The van der Waals surface area contributed by atoms with Gasteiger partial charge in [-0.3, -0.25) is 14.8 Å². The number of aliphatic imine (C=N–C) groups is 2. The predicted octanol–water partition coefficient (Wildman–Crippen LogP) is 4.01. The standard InChI is InChI=1S/C25H53N7O/c1-2-3-4-5-6-7-8-9-10-11-12-13-14-18-23(33)32(22-17-20-31-25(28)29)21-16-15-19-30-24(26)27/h2-22H2,1H3,(H4,26,27,30)(H4,28,29,31). The fourth-order valence-electron chi connectivity index (χ4n) is 3.91. The third-order valence-electron chi connectivity index (χ3n) is 5.86. The SMILES string of the molecule is CCCCCCCCCCCCCCCC(=O)N(CCCCN=C(N)N)CCCN=C(N)N. The number of guanidine groups is 2. The van der Waals surface area contributed by atoms with Crippen LogP contribution in [0.3, 0.4) is 0 Å². The summed E-state index contributed by atoms with van der Waals surface area (Å²) in [6, 6.07) is 0. The van der Waals surface area contributed by atoms with E-state index in [1.165, 1.54) is 70.6 Å². The summed E-state index contributed by atoms with van der Waals surface area (Å²) in [5, 5.41) is 0. The van der Waals surface area contributed by atoms with Crippen LogP contribution in [0.15, 0.2) is 9.98 Å². The van der Waals surface area contributed by atoms with Gasteiger partial charge in [-0.2, -0.15) is 0 Å². The molecule has 0 fully saturated rings. The molecule has 0 spiro atoms. The highest BCUT2D eigenvalue weighted by Gasteiger charge is 2.12. The van der Waals surface area contributed by atoms with Crippen molar-refractivity contribution in [2.75, 3.05) is 26.2 Å². The van der Waals surface area contributed by atoms with Gasteiger partial charge in [0.1, 0.15) is 0 Å². The Kier molecular flexibility index (Phi) is 21.8. The maximum atomic E-state index is 12.7. The number of hydrogen-bond acceptors (Lipinski definition) is 3. The lowest BCUT2D eigenvalue weighted by molar-refractivity contribution is -0.131. The molecule has 0 aromatic rings. The topological polar surface area (TPSA) is 149 Å². The summed E-state index contributed by atoms with van der Waals surface area (Å²) in [5.74, 6) is 0.435. The summed E-state index contributed by atoms with van der Waals surface area (Å²) in [7, 11) is 0. The van der Waals surface area contributed by atoms with Gasteiger partial charge in [-0.05, 0) is 25.7 Å². The first-order chi connectivity index (χ1) is 16.0. The van der Waals surface area contributed by atoms with Crippen molar-refractivity contribution >= 4 is 17.8 Å². The highest BCUT2D eigenvalue weighted by Crippen LogP contribution is 2.13. The van der Waals surface area contributed by atoms with Gasteiger partial charge in [-0.25, -0.2) is 0 Å². The van der Waals surface area contributed by atoms with Crippen LogP contribution in [0.5, 0.6) is 0 Å². The summed E-state index contributed by atoms with van der Waals surface area (Å²) in [5.41, 5.74) is 21.5. The molecule has 8 nitrogen and oxygen atoms in total. The van der Waals surface area contributed by atoms with Crippen molar-refractivity contribution in [3.05, 3.63) is 0 Å². The predicted molar refractivity (Wildman–Crippen MR) is 142 cm³/mol. The molecule has 8 N–H and O–H groups in total. The van der Waals surface area contributed by atoms with Gasteiger partial charge in [0, 0.05) is 32.6 Å². The highest BCUT2D eigenvalue weighted by atomic mass is 16.2. The monoisotopic (exact) mass is 467 g/mol. The molecule has 194 valence electrons. The van der Waals surface area contributed by atoms with Crippen LogP contribution in [0.1, 0.15) is 116 Å². The summed E-state index contributed by atoms with van der Waals surface area (Å²) < 4.78 is 0. The van der Waals surface area contributed by atoms with Gasteiger partial charge < -0.3 is 27.8 Å². The Labute approximate surface area is 203 Å². The van der Waals surface area contributed by atoms with E-state index in [0.29, 0.717) is 26.1 Å². The molecule has 0 rings (SSSR count). The lowest BCUT2D eigenvalue weighted by atomic mass is 10.0. The van der Waals surface area contributed by atoms with Crippen LogP contribution < -0.4 is 22.9 Å². The third-order valence-corrected chi connectivity index (χ3v) is 5.86. The second kappa shape index (κ2) is 23.2. The minimum absolute atomic E-state index is 0.0945. The molecular weight excluding hydrogens is 414 g/mol. The van der Waals surface area contributed by atoms with E-state index in [1.54, 1.807) is 0 Å². The second-order valence-corrected chi connectivity index (χ2v) is 9.05. The summed E-state index contributed by atoms with van der Waals surface area (Å²) in [6.45, 7) is 4.80. The minimum atomic E-state index is 0.0945. The number of carbonyl (C=O) groups excluding carboxylic acids is 1. The number of nitrogens with two attached hydrogens (primary N) is 4. The maximum Gasteiger partial charge on any atom is 0.222 e. The van der Waals surface area contributed by atoms with Crippen molar-refractivity contribution in [1.82, 2.24) is 4.90 Å². The summed E-state index contributed by atoms with van der Waals surface area (Å²) >= 11 is 0. The zero-order chi connectivity index (χ0) is 24.6. The van der Waals surface area contributed by atoms with E-state index in [2.05, 4.69) is 16.9 Å². The molecule has 0 aromatic carbocycles. The Morgan fingerprint density at radius 2 is 1.00 bits per heavy atom. The minimum Gasteiger partial charge on any atom is -0.370 e. The smallest absolute Gasteiger partial charge is 0.222 e. The van der Waals surface area contributed by atoms with E-state index in [9.17, 15) is 4.79 Å². The molecule has 0 aromatic heterocycles. The molecule has 0 bridgehead atoms. The molecule has 0 aliphatic carbocycles. The van der Waals surface area contributed by atoms with Crippen LogP contribution >= 0.6 is 0 Å². The average Bonchev–Trinajstić information content (AvgIpc) is 2.77. The van der Waals surface area contributed by atoms with Crippen LogP contribution in [-0.4, -0.2) is 48.9 Å². The Balaban J connectivity index is 3.93. The van der Waals surface area contributed by atoms with Gasteiger partial charge in [-0.1, -0.05) is 84.0 Å². The summed E-state index contributed by atoms with van der Waals surface area (Å²) in [6.07, 6.45) is 20.1. The van der Waals surface area contributed by atoms with Crippen molar-refractivity contribution in [2.24, 2.45) is 32.9 Å². The molecule has 0 radical (unpaired) electrons. The van der Waals surface area contributed by atoms with Crippen molar-refractivity contribution in [1.29, 1.82) is 0 Å². The Morgan fingerprint density at radius 3 is 1.48 bits per heavy atom. The van der Waals surface area contributed by atoms with E-state index in [-0.39, 0.29) is 17.8 Å². The fraction of sp³-hybridized carbons (Fsp3) is 0.880. The van der Waals surface area contributed by atoms with Gasteiger partial charge in [0.05, 0.1) is 0 Å². The van der Waals surface area contributed by atoms with Crippen molar-refractivity contribution in [3.63, 3.8) is 0 Å². The van der Waals surface area contributed by atoms with E-state index >= 15 is 0 Å². The van der Waals surface area contributed by atoms with Crippen molar-refractivity contribution in [2.45, 2.75) is 116 Å². The van der Waals surface area contributed by atoms with Crippen LogP contribution in [0, 0.1) is 0 Å². The van der Waals surface area contributed by atoms with Gasteiger partial charge in [0.2, 0.25) is 5.91 Å².